The van der Waals surface area contributed by atoms with Gasteiger partial charge >= 0.3 is 0 Å². The molecule has 1 heterocycles. The van der Waals surface area contributed by atoms with Crippen LogP contribution in [0, 0.1) is 3.57 Å². The molecule has 0 aliphatic rings. The number of hydrogen-bond acceptors (Lipinski definition) is 2. The molecule has 0 fully saturated rings. The van der Waals surface area contributed by atoms with Gasteiger partial charge in [0, 0.05) is 26.9 Å². The Morgan fingerprint density at radius 3 is 2.89 bits per heavy atom. The van der Waals surface area contributed by atoms with Gasteiger partial charge in [-0.25, -0.2) is 0 Å². The van der Waals surface area contributed by atoms with E-state index in [9.17, 15) is 4.79 Å². The second-order valence-corrected chi connectivity index (χ2v) is 5.46. The summed E-state index contributed by atoms with van der Waals surface area (Å²) in [6.07, 6.45) is 3.37. The van der Waals surface area contributed by atoms with Gasteiger partial charge in [-0.15, -0.1) is 0 Å². The van der Waals surface area contributed by atoms with Crippen LogP contribution in [0.2, 0.25) is 10.0 Å². The summed E-state index contributed by atoms with van der Waals surface area (Å²) >= 11 is 13.9. The maximum absolute atomic E-state index is 12.0. The highest BCUT2D eigenvalue weighted by molar-refractivity contribution is 14.1. The third-order valence-electron chi connectivity index (χ3n) is 2.25. The molecule has 1 aromatic heterocycles. The third kappa shape index (κ3) is 3.15. The van der Waals surface area contributed by atoms with Gasteiger partial charge in [0.2, 0.25) is 0 Å². The first-order valence-corrected chi connectivity index (χ1v) is 6.82. The van der Waals surface area contributed by atoms with Crippen LogP contribution in [0.1, 0.15) is 15.9 Å². The minimum atomic E-state index is -0.218. The lowest BCUT2D eigenvalue weighted by Crippen LogP contribution is -2.23. The molecule has 2 N–H and O–H groups in total. The lowest BCUT2D eigenvalue weighted by molar-refractivity contribution is 0.0950. The summed E-state index contributed by atoms with van der Waals surface area (Å²) in [5.41, 5.74) is 1.36. The van der Waals surface area contributed by atoms with Gasteiger partial charge in [0.05, 0.1) is 16.8 Å². The summed E-state index contributed by atoms with van der Waals surface area (Å²) < 4.78 is 0.684. The number of hydrogen-bond donors (Lipinski definition) is 2. The first-order chi connectivity index (χ1) is 8.58. The van der Waals surface area contributed by atoms with Gasteiger partial charge in [0.25, 0.3) is 5.91 Å². The first-order valence-electron chi connectivity index (χ1n) is 4.98. The highest BCUT2D eigenvalue weighted by atomic mass is 127. The maximum Gasteiger partial charge on any atom is 0.252 e. The van der Waals surface area contributed by atoms with Gasteiger partial charge in [-0.1, -0.05) is 23.2 Å². The number of carbonyl (C=O) groups is 1. The Kier molecular flexibility index (Phi) is 4.47. The molecule has 1 amide bonds. The number of rotatable bonds is 3. The van der Waals surface area contributed by atoms with E-state index in [1.54, 1.807) is 24.5 Å². The molecule has 0 saturated carbocycles. The molecule has 0 saturated heterocycles. The SMILES string of the molecule is O=C(NCc1cn[nH]c1)c1cc(Cl)cc(Cl)c1I. The number of H-pyrrole nitrogens is 1. The Morgan fingerprint density at radius 2 is 2.22 bits per heavy atom. The minimum Gasteiger partial charge on any atom is -0.348 e. The van der Waals surface area contributed by atoms with Crippen LogP contribution >= 0.6 is 45.8 Å². The van der Waals surface area contributed by atoms with Crippen molar-refractivity contribution >= 4 is 51.7 Å². The van der Waals surface area contributed by atoms with Crippen molar-refractivity contribution in [3.05, 3.63) is 49.3 Å². The van der Waals surface area contributed by atoms with Gasteiger partial charge in [-0.05, 0) is 34.7 Å². The fourth-order valence-electron chi connectivity index (χ4n) is 1.37. The van der Waals surface area contributed by atoms with Crippen molar-refractivity contribution in [3.63, 3.8) is 0 Å². The summed E-state index contributed by atoms with van der Waals surface area (Å²) in [6.45, 7) is 0.398. The van der Waals surface area contributed by atoms with Gasteiger partial charge < -0.3 is 5.32 Å². The summed E-state index contributed by atoms with van der Waals surface area (Å²) in [6, 6.07) is 3.21. The van der Waals surface area contributed by atoms with E-state index in [2.05, 4.69) is 15.5 Å². The molecular weight excluding hydrogens is 388 g/mol. The normalized spacial score (nSPS) is 10.4. The van der Waals surface area contributed by atoms with Crippen LogP contribution in [0.4, 0.5) is 0 Å². The van der Waals surface area contributed by atoms with Crippen LogP contribution in [0.5, 0.6) is 0 Å². The lowest BCUT2D eigenvalue weighted by atomic mass is 10.2. The first kappa shape index (κ1) is 13.6. The van der Waals surface area contributed by atoms with E-state index >= 15 is 0 Å². The fourth-order valence-corrected chi connectivity index (χ4v) is 2.42. The smallest absolute Gasteiger partial charge is 0.252 e. The average Bonchev–Trinajstić information content (AvgIpc) is 2.83. The van der Waals surface area contributed by atoms with Gasteiger partial charge in [0.1, 0.15) is 0 Å². The molecule has 0 aliphatic carbocycles. The van der Waals surface area contributed by atoms with E-state index < -0.39 is 0 Å². The molecule has 18 heavy (non-hydrogen) atoms. The molecule has 2 rings (SSSR count). The van der Waals surface area contributed by atoms with Crippen molar-refractivity contribution in [2.45, 2.75) is 6.54 Å². The highest BCUT2D eigenvalue weighted by Crippen LogP contribution is 2.26. The molecule has 7 heteroatoms. The van der Waals surface area contributed by atoms with E-state index in [4.69, 9.17) is 23.2 Å². The third-order valence-corrected chi connectivity index (χ3v) is 4.24. The molecule has 2 aromatic rings. The monoisotopic (exact) mass is 395 g/mol. The highest BCUT2D eigenvalue weighted by Gasteiger charge is 2.13. The number of benzene rings is 1. The molecule has 0 spiro atoms. The van der Waals surface area contributed by atoms with Crippen LogP contribution < -0.4 is 5.32 Å². The summed E-state index contributed by atoms with van der Waals surface area (Å²) in [5, 5.41) is 10.2. The van der Waals surface area contributed by atoms with Crippen LogP contribution in [0.15, 0.2) is 24.5 Å². The van der Waals surface area contributed by atoms with Crippen LogP contribution in [-0.4, -0.2) is 16.1 Å². The zero-order valence-electron chi connectivity index (χ0n) is 9.01. The number of carbonyl (C=O) groups excluding carboxylic acids is 1. The van der Waals surface area contributed by atoms with E-state index in [0.717, 1.165) is 5.56 Å². The van der Waals surface area contributed by atoms with Crippen LogP contribution in [0.25, 0.3) is 0 Å². The Balaban J connectivity index is 2.14. The Labute approximate surface area is 127 Å². The Bertz CT molecular complexity index is 572. The zero-order chi connectivity index (χ0) is 13.1. The lowest BCUT2D eigenvalue weighted by Gasteiger charge is -2.07. The van der Waals surface area contributed by atoms with E-state index in [1.807, 2.05) is 22.6 Å². The topological polar surface area (TPSA) is 57.8 Å². The number of nitrogens with one attached hydrogen (secondary N) is 2. The summed E-state index contributed by atoms with van der Waals surface area (Å²) in [4.78, 5) is 12.0. The van der Waals surface area contributed by atoms with Gasteiger partial charge in [0.15, 0.2) is 0 Å². The predicted octanol–water partition coefficient (Wildman–Crippen LogP) is 3.25. The van der Waals surface area contributed by atoms with Crippen molar-refractivity contribution in [1.82, 2.24) is 15.5 Å². The maximum atomic E-state index is 12.0. The molecule has 0 bridgehead atoms. The van der Waals surface area contributed by atoms with E-state index in [-0.39, 0.29) is 5.91 Å². The number of amides is 1. The molecule has 0 atom stereocenters. The Morgan fingerprint density at radius 1 is 1.44 bits per heavy atom. The van der Waals surface area contributed by atoms with Crippen molar-refractivity contribution in [2.24, 2.45) is 0 Å². The fraction of sp³-hybridized carbons (Fsp3) is 0.0909. The Hall–Kier alpha value is -0.790. The molecule has 1 aromatic carbocycles. The molecule has 4 nitrogen and oxygen atoms in total. The van der Waals surface area contributed by atoms with Crippen molar-refractivity contribution in [2.75, 3.05) is 0 Å². The summed E-state index contributed by atoms with van der Waals surface area (Å²) in [7, 11) is 0. The summed E-state index contributed by atoms with van der Waals surface area (Å²) in [5.74, 6) is -0.218. The minimum absolute atomic E-state index is 0.218. The molecule has 94 valence electrons. The van der Waals surface area contributed by atoms with E-state index in [1.165, 1.54) is 0 Å². The number of aromatic nitrogens is 2. The van der Waals surface area contributed by atoms with Gasteiger partial charge in [-0.2, -0.15) is 5.10 Å². The van der Waals surface area contributed by atoms with Crippen molar-refractivity contribution in [1.29, 1.82) is 0 Å². The number of aromatic amines is 1. The van der Waals surface area contributed by atoms with Crippen molar-refractivity contribution in [3.8, 4) is 0 Å². The number of nitrogens with zero attached hydrogens (tertiary/aromatic N) is 1. The zero-order valence-corrected chi connectivity index (χ0v) is 12.7. The molecule has 0 unspecified atom stereocenters. The number of halogens is 3. The van der Waals surface area contributed by atoms with Crippen LogP contribution in [0.3, 0.4) is 0 Å². The predicted molar refractivity (Wildman–Crippen MR) is 78.9 cm³/mol. The molecular formula is C11H8Cl2IN3O. The van der Waals surface area contributed by atoms with Crippen molar-refractivity contribution < 1.29 is 4.79 Å². The standard InChI is InChI=1S/C11H8Cl2IN3O/c12-7-1-8(10(14)9(13)2-7)11(18)15-3-6-4-16-17-5-6/h1-2,4-5H,3H2,(H,15,18)(H,16,17). The second kappa shape index (κ2) is 5.90. The average molecular weight is 396 g/mol. The molecule has 0 radical (unpaired) electrons. The van der Waals surface area contributed by atoms with Crippen LogP contribution in [-0.2, 0) is 6.54 Å². The quantitative estimate of drug-likeness (QED) is 0.619. The second-order valence-electron chi connectivity index (χ2n) is 3.54. The van der Waals surface area contributed by atoms with Gasteiger partial charge in [-0.3, -0.25) is 9.89 Å². The largest absolute Gasteiger partial charge is 0.348 e. The molecule has 0 aliphatic heterocycles. The van der Waals surface area contributed by atoms with E-state index in [0.29, 0.717) is 25.7 Å².